The predicted octanol–water partition coefficient (Wildman–Crippen LogP) is 1.18. The molecule has 7 heteroatoms. The molecule has 0 aromatic heterocycles. The summed E-state index contributed by atoms with van der Waals surface area (Å²) in [5.74, 6) is 0.310. The number of ether oxygens (including phenoxy) is 1. The Kier molecular flexibility index (Phi) is 5.53. The third-order valence-electron chi connectivity index (χ3n) is 3.91. The van der Waals surface area contributed by atoms with Crippen molar-refractivity contribution in [3.05, 3.63) is 23.8 Å². The number of nitrogens with zero attached hydrogens (tertiary/aromatic N) is 1. The van der Waals surface area contributed by atoms with Gasteiger partial charge in [-0.05, 0) is 31.2 Å². The smallest absolute Gasteiger partial charge is 0.251 e. The van der Waals surface area contributed by atoms with Gasteiger partial charge in [-0.1, -0.05) is 0 Å². The van der Waals surface area contributed by atoms with Crippen LogP contribution < -0.4 is 10.6 Å². The molecule has 2 amide bonds. The van der Waals surface area contributed by atoms with Gasteiger partial charge in [-0.3, -0.25) is 14.5 Å². The zero-order valence-electron chi connectivity index (χ0n) is 13.0. The monoisotopic (exact) mass is 335 g/mol. The minimum atomic E-state index is -0.0976. The van der Waals surface area contributed by atoms with Crippen LogP contribution in [0.25, 0.3) is 0 Å². The van der Waals surface area contributed by atoms with Crippen LogP contribution in [0.2, 0.25) is 0 Å². The lowest BCUT2D eigenvalue weighted by Gasteiger charge is -2.26. The summed E-state index contributed by atoms with van der Waals surface area (Å²) in [6.45, 7) is 5.15. The van der Waals surface area contributed by atoms with E-state index in [1.807, 2.05) is 6.07 Å². The van der Waals surface area contributed by atoms with Crippen molar-refractivity contribution >= 4 is 29.3 Å². The fourth-order valence-electron chi connectivity index (χ4n) is 2.66. The largest absolute Gasteiger partial charge is 0.379 e. The number of nitrogens with one attached hydrogen (secondary N) is 2. The molecule has 2 N–H and O–H groups in total. The van der Waals surface area contributed by atoms with E-state index in [9.17, 15) is 9.59 Å². The Bertz CT molecular complexity index is 588. The van der Waals surface area contributed by atoms with E-state index < -0.39 is 0 Å². The van der Waals surface area contributed by atoms with Crippen LogP contribution in [0.3, 0.4) is 0 Å². The van der Waals surface area contributed by atoms with Crippen molar-refractivity contribution in [1.29, 1.82) is 0 Å². The van der Waals surface area contributed by atoms with Crippen molar-refractivity contribution in [2.24, 2.45) is 0 Å². The Labute approximate surface area is 139 Å². The zero-order chi connectivity index (χ0) is 16.1. The molecule has 0 atom stereocenters. The van der Waals surface area contributed by atoms with E-state index in [0.29, 0.717) is 17.9 Å². The van der Waals surface area contributed by atoms with Gasteiger partial charge in [-0.2, -0.15) is 0 Å². The lowest BCUT2D eigenvalue weighted by atomic mass is 10.2. The predicted molar refractivity (Wildman–Crippen MR) is 90.0 cm³/mol. The van der Waals surface area contributed by atoms with E-state index >= 15 is 0 Å². The molecule has 0 spiro atoms. The maximum absolute atomic E-state index is 12.2. The maximum Gasteiger partial charge on any atom is 0.251 e. The highest BCUT2D eigenvalue weighted by molar-refractivity contribution is 8.00. The van der Waals surface area contributed by atoms with Crippen molar-refractivity contribution in [2.75, 3.05) is 50.5 Å². The molecule has 0 saturated carbocycles. The number of fused-ring (bicyclic) bond motifs is 1. The van der Waals surface area contributed by atoms with Gasteiger partial charge in [0.05, 0.1) is 24.7 Å². The van der Waals surface area contributed by atoms with Crippen LogP contribution in [0.15, 0.2) is 23.1 Å². The summed E-state index contributed by atoms with van der Waals surface area (Å²) in [5, 5.41) is 5.75. The average molecular weight is 335 g/mol. The highest BCUT2D eigenvalue weighted by Gasteiger charge is 2.17. The van der Waals surface area contributed by atoms with Crippen molar-refractivity contribution in [2.45, 2.75) is 11.3 Å². The van der Waals surface area contributed by atoms with E-state index in [0.717, 1.165) is 49.9 Å². The van der Waals surface area contributed by atoms with Crippen molar-refractivity contribution in [1.82, 2.24) is 10.2 Å². The first kappa shape index (κ1) is 16.3. The Hall–Kier alpha value is -1.57. The summed E-state index contributed by atoms with van der Waals surface area (Å²) in [4.78, 5) is 27.0. The first-order valence-corrected chi connectivity index (χ1v) is 8.86. The number of morpholine rings is 1. The molecule has 23 heavy (non-hydrogen) atoms. The van der Waals surface area contributed by atoms with Crippen LogP contribution in [-0.2, 0) is 9.53 Å². The van der Waals surface area contributed by atoms with Gasteiger partial charge in [0.1, 0.15) is 0 Å². The van der Waals surface area contributed by atoms with Gasteiger partial charge in [0.25, 0.3) is 5.91 Å². The molecule has 1 aromatic rings. The SMILES string of the molecule is O=C1CSc2ccc(C(=O)NCCCN3CCOCC3)cc2N1. The Morgan fingerprint density at radius 3 is 3.00 bits per heavy atom. The number of anilines is 1. The molecule has 124 valence electrons. The van der Waals surface area contributed by atoms with Crippen molar-refractivity contribution in [3.8, 4) is 0 Å². The van der Waals surface area contributed by atoms with E-state index in [2.05, 4.69) is 15.5 Å². The molecular weight excluding hydrogens is 314 g/mol. The van der Waals surface area contributed by atoms with Gasteiger partial charge in [0.2, 0.25) is 5.91 Å². The zero-order valence-corrected chi connectivity index (χ0v) is 13.8. The van der Waals surface area contributed by atoms with Crippen LogP contribution in [0.1, 0.15) is 16.8 Å². The lowest BCUT2D eigenvalue weighted by molar-refractivity contribution is -0.113. The Balaban J connectivity index is 1.46. The minimum Gasteiger partial charge on any atom is -0.379 e. The standard InChI is InChI=1S/C16H21N3O3S/c20-15-11-23-14-3-2-12(10-13(14)18-15)16(21)17-4-1-5-19-6-8-22-9-7-19/h2-3,10H,1,4-9,11H2,(H,17,21)(H,18,20). The summed E-state index contributed by atoms with van der Waals surface area (Å²) < 4.78 is 5.31. The third kappa shape index (κ3) is 4.46. The molecule has 2 heterocycles. The van der Waals surface area contributed by atoms with Gasteiger partial charge in [0.15, 0.2) is 0 Å². The molecular formula is C16H21N3O3S. The highest BCUT2D eigenvalue weighted by atomic mass is 32.2. The summed E-state index contributed by atoms with van der Waals surface area (Å²) in [7, 11) is 0. The van der Waals surface area contributed by atoms with Crippen molar-refractivity contribution < 1.29 is 14.3 Å². The number of carbonyl (C=O) groups excluding carboxylic acids is 2. The van der Waals surface area contributed by atoms with Crippen LogP contribution >= 0.6 is 11.8 Å². The number of amides is 2. The average Bonchev–Trinajstić information content (AvgIpc) is 2.58. The molecule has 0 radical (unpaired) electrons. The Morgan fingerprint density at radius 2 is 2.17 bits per heavy atom. The van der Waals surface area contributed by atoms with Gasteiger partial charge < -0.3 is 15.4 Å². The van der Waals surface area contributed by atoms with E-state index in [1.54, 1.807) is 12.1 Å². The van der Waals surface area contributed by atoms with Crippen LogP contribution in [-0.4, -0.2) is 61.9 Å². The van der Waals surface area contributed by atoms with Gasteiger partial charge in [0, 0.05) is 30.1 Å². The molecule has 2 aliphatic heterocycles. The molecule has 0 bridgehead atoms. The van der Waals surface area contributed by atoms with Gasteiger partial charge in [-0.15, -0.1) is 11.8 Å². The normalized spacial score (nSPS) is 18.2. The molecule has 3 rings (SSSR count). The second-order valence-corrected chi connectivity index (χ2v) is 6.63. The van der Waals surface area contributed by atoms with E-state index in [-0.39, 0.29) is 11.8 Å². The number of carbonyl (C=O) groups is 2. The molecule has 0 aliphatic carbocycles. The second-order valence-electron chi connectivity index (χ2n) is 5.61. The molecule has 1 fully saturated rings. The number of hydrogen-bond acceptors (Lipinski definition) is 5. The summed E-state index contributed by atoms with van der Waals surface area (Å²) in [6.07, 6.45) is 0.920. The first-order chi connectivity index (χ1) is 11.2. The summed E-state index contributed by atoms with van der Waals surface area (Å²) in [6, 6.07) is 5.44. The van der Waals surface area contributed by atoms with E-state index in [1.165, 1.54) is 11.8 Å². The fraction of sp³-hybridized carbons (Fsp3) is 0.500. The Morgan fingerprint density at radius 1 is 1.35 bits per heavy atom. The second kappa shape index (κ2) is 7.81. The van der Waals surface area contributed by atoms with Crippen LogP contribution in [0, 0.1) is 0 Å². The van der Waals surface area contributed by atoms with Gasteiger partial charge in [-0.25, -0.2) is 0 Å². The number of rotatable bonds is 5. The van der Waals surface area contributed by atoms with Crippen molar-refractivity contribution in [3.63, 3.8) is 0 Å². The number of thioether (sulfide) groups is 1. The molecule has 0 unspecified atom stereocenters. The molecule has 1 aromatic carbocycles. The van der Waals surface area contributed by atoms with Gasteiger partial charge >= 0.3 is 0 Å². The highest BCUT2D eigenvalue weighted by Crippen LogP contribution is 2.31. The third-order valence-corrected chi connectivity index (χ3v) is 4.99. The van der Waals surface area contributed by atoms with E-state index in [4.69, 9.17) is 4.74 Å². The maximum atomic E-state index is 12.2. The number of hydrogen-bond donors (Lipinski definition) is 2. The number of benzene rings is 1. The minimum absolute atomic E-state index is 0.0226. The van der Waals surface area contributed by atoms with Crippen LogP contribution in [0.4, 0.5) is 5.69 Å². The quantitative estimate of drug-likeness (QED) is 0.791. The molecule has 2 aliphatic rings. The summed E-state index contributed by atoms with van der Waals surface area (Å²) in [5.41, 5.74) is 1.31. The van der Waals surface area contributed by atoms with Crippen LogP contribution in [0.5, 0.6) is 0 Å². The first-order valence-electron chi connectivity index (χ1n) is 7.87. The fourth-order valence-corrected chi connectivity index (χ4v) is 3.44. The summed E-state index contributed by atoms with van der Waals surface area (Å²) >= 11 is 1.50. The topological polar surface area (TPSA) is 70.7 Å². The molecule has 1 saturated heterocycles. The lowest BCUT2D eigenvalue weighted by Crippen LogP contribution is -2.38. The molecule has 6 nitrogen and oxygen atoms in total.